The molecule has 1 aliphatic rings. The quantitative estimate of drug-likeness (QED) is 0.621. The summed E-state index contributed by atoms with van der Waals surface area (Å²) in [6.07, 6.45) is 5.24. The van der Waals surface area contributed by atoms with Gasteiger partial charge < -0.3 is 15.0 Å². The Bertz CT molecular complexity index is 902. The van der Waals surface area contributed by atoms with Gasteiger partial charge in [-0.15, -0.1) is 0 Å². The molecule has 31 heavy (non-hydrogen) atoms. The minimum Gasteiger partial charge on any atom is -0.490 e. The standard InChI is InChI=1S/C25H29N3O3/c26-17-8-18-28(21-10-2-1-3-11-21)25(30)16-15-24(29)27-19-20-9-4-7-14-23(20)31-22-12-5-6-13-22/h1-4,7,9-11,14,22H,5-6,8,12-13,15-16,18-19H2,(H,27,29). The summed E-state index contributed by atoms with van der Waals surface area (Å²) in [6.45, 7) is 0.680. The van der Waals surface area contributed by atoms with Gasteiger partial charge >= 0.3 is 0 Å². The van der Waals surface area contributed by atoms with Crippen LogP contribution in [0.2, 0.25) is 0 Å². The summed E-state index contributed by atoms with van der Waals surface area (Å²) in [5, 5.41) is 11.8. The topological polar surface area (TPSA) is 82.4 Å². The Balaban J connectivity index is 1.50. The van der Waals surface area contributed by atoms with E-state index in [0.717, 1.165) is 29.8 Å². The van der Waals surface area contributed by atoms with Gasteiger partial charge in [0.15, 0.2) is 0 Å². The van der Waals surface area contributed by atoms with Crippen molar-refractivity contribution in [3.8, 4) is 11.8 Å². The van der Waals surface area contributed by atoms with Gasteiger partial charge in [-0.05, 0) is 43.9 Å². The molecule has 6 nitrogen and oxygen atoms in total. The van der Waals surface area contributed by atoms with Crippen LogP contribution in [0.25, 0.3) is 0 Å². The number of anilines is 1. The summed E-state index contributed by atoms with van der Waals surface area (Å²) in [4.78, 5) is 26.6. The number of ether oxygens (including phenoxy) is 1. The SMILES string of the molecule is N#CCCN(C(=O)CCC(=O)NCc1ccccc1OC1CCCC1)c1ccccc1. The maximum absolute atomic E-state index is 12.7. The second kappa shape index (κ2) is 11.8. The molecule has 1 aliphatic carbocycles. The summed E-state index contributed by atoms with van der Waals surface area (Å²) in [7, 11) is 0. The number of amides is 2. The molecule has 6 heteroatoms. The molecule has 0 unspecified atom stereocenters. The molecule has 2 aromatic rings. The van der Waals surface area contributed by atoms with E-state index in [4.69, 9.17) is 10.00 Å². The van der Waals surface area contributed by atoms with Crippen LogP contribution in [-0.2, 0) is 16.1 Å². The van der Waals surface area contributed by atoms with Gasteiger partial charge in [0, 0.05) is 37.2 Å². The van der Waals surface area contributed by atoms with Gasteiger partial charge in [-0.1, -0.05) is 36.4 Å². The molecular formula is C25H29N3O3. The van der Waals surface area contributed by atoms with E-state index in [1.165, 1.54) is 12.8 Å². The van der Waals surface area contributed by atoms with Gasteiger partial charge in [0.1, 0.15) is 5.75 Å². The van der Waals surface area contributed by atoms with E-state index in [-0.39, 0.29) is 37.2 Å². The van der Waals surface area contributed by atoms with E-state index in [1.54, 1.807) is 4.90 Å². The number of benzene rings is 2. The van der Waals surface area contributed by atoms with Crippen molar-refractivity contribution >= 4 is 17.5 Å². The Kier molecular flexibility index (Phi) is 8.48. The number of nitriles is 1. The van der Waals surface area contributed by atoms with E-state index >= 15 is 0 Å². The van der Waals surface area contributed by atoms with Crippen molar-refractivity contribution in [3.05, 3.63) is 60.2 Å². The summed E-state index contributed by atoms with van der Waals surface area (Å²) in [6, 6.07) is 19.1. The van der Waals surface area contributed by atoms with E-state index in [0.29, 0.717) is 13.1 Å². The molecule has 0 aromatic heterocycles. The number of rotatable bonds is 10. The third kappa shape index (κ3) is 6.85. The Labute approximate surface area is 183 Å². The van der Waals surface area contributed by atoms with Crippen molar-refractivity contribution in [1.82, 2.24) is 5.32 Å². The maximum Gasteiger partial charge on any atom is 0.227 e. The molecule has 2 amide bonds. The number of nitrogens with one attached hydrogen (secondary N) is 1. The maximum atomic E-state index is 12.7. The first-order valence-corrected chi connectivity index (χ1v) is 10.9. The minimum atomic E-state index is -0.183. The molecule has 0 saturated heterocycles. The molecule has 1 fully saturated rings. The first-order valence-electron chi connectivity index (χ1n) is 10.9. The molecule has 0 atom stereocenters. The Hall–Kier alpha value is -3.33. The fourth-order valence-electron chi connectivity index (χ4n) is 3.76. The highest BCUT2D eigenvalue weighted by molar-refractivity contribution is 5.95. The largest absolute Gasteiger partial charge is 0.490 e. The molecule has 0 radical (unpaired) electrons. The molecule has 1 N–H and O–H groups in total. The molecule has 0 heterocycles. The lowest BCUT2D eigenvalue weighted by molar-refractivity contribution is -0.125. The first-order chi connectivity index (χ1) is 15.2. The van der Waals surface area contributed by atoms with Crippen LogP contribution >= 0.6 is 0 Å². The van der Waals surface area contributed by atoms with E-state index < -0.39 is 0 Å². The number of nitrogens with zero attached hydrogens (tertiary/aromatic N) is 2. The van der Waals surface area contributed by atoms with Gasteiger partial charge in [0.05, 0.1) is 18.6 Å². The summed E-state index contributed by atoms with van der Waals surface area (Å²) in [5.74, 6) is 0.469. The van der Waals surface area contributed by atoms with Crippen LogP contribution in [0.4, 0.5) is 5.69 Å². The summed E-state index contributed by atoms with van der Waals surface area (Å²) >= 11 is 0. The molecule has 1 saturated carbocycles. The average molecular weight is 420 g/mol. The minimum absolute atomic E-state index is 0.0897. The highest BCUT2D eigenvalue weighted by atomic mass is 16.5. The third-order valence-corrected chi connectivity index (χ3v) is 5.43. The van der Waals surface area contributed by atoms with Crippen LogP contribution in [0, 0.1) is 11.3 Å². The van der Waals surface area contributed by atoms with Crippen molar-refractivity contribution in [2.45, 2.75) is 57.6 Å². The van der Waals surface area contributed by atoms with Gasteiger partial charge in [-0.25, -0.2) is 0 Å². The van der Waals surface area contributed by atoms with E-state index in [9.17, 15) is 9.59 Å². The van der Waals surface area contributed by atoms with Crippen LogP contribution in [0.3, 0.4) is 0 Å². The van der Waals surface area contributed by atoms with E-state index in [2.05, 4.69) is 11.4 Å². The van der Waals surface area contributed by atoms with Gasteiger partial charge in [0.2, 0.25) is 11.8 Å². The normalized spacial score (nSPS) is 13.4. The zero-order chi connectivity index (χ0) is 21.9. The fraction of sp³-hybridized carbons (Fsp3) is 0.400. The summed E-state index contributed by atoms with van der Waals surface area (Å²) < 4.78 is 6.12. The predicted molar refractivity (Wildman–Crippen MR) is 119 cm³/mol. The molecule has 0 aliphatic heterocycles. The number of carbonyl (C=O) groups excluding carboxylic acids is 2. The zero-order valence-corrected chi connectivity index (χ0v) is 17.8. The Morgan fingerprint density at radius 1 is 1.03 bits per heavy atom. The lowest BCUT2D eigenvalue weighted by atomic mass is 10.1. The second-order valence-electron chi connectivity index (χ2n) is 7.70. The van der Waals surface area contributed by atoms with Crippen LogP contribution < -0.4 is 15.0 Å². The van der Waals surface area contributed by atoms with Crippen molar-refractivity contribution in [2.75, 3.05) is 11.4 Å². The lowest BCUT2D eigenvalue weighted by Gasteiger charge is -2.21. The predicted octanol–water partition coefficient (Wildman–Crippen LogP) is 4.35. The second-order valence-corrected chi connectivity index (χ2v) is 7.70. The van der Waals surface area contributed by atoms with Crippen LogP contribution in [0.1, 0.15) is 50.5 Å². The first kappa shape index (κ1) is 22.4. The molecule has 2 aromatic carbocycles. The lowest BCUT2D eigenvalue weighted by Crippen LogP contribution is -2.33. The Morgan fingerprint density at radius 2 is 1.74 bits per heavy atom. The van der Waals surface area contributed by atoms with Crippen molar-refractivity contribution in [3.63, 3.8) is 0 Å². The molecule has 0 spiro atoms. The molecule has 3 rings (SSSR count). The molecular weight excluding hydrogens is 390 g/mol. The van der Waals surface area contributed by atoms with Crippen LogP contribution in [-0.4, -0.2) is 24.5 Å². The van der Waals surface area contributed by atoms with Crippen molar-refractivity contribution in [2.24, 2.45) is 0 Å². The zero-order valence-electron chi connectivity index (χ0n) is 17.8. The highest BCUT2D eigenvalue weighted by Crippen LogP contribution is 2.26. The average Bonchev–Trinajstić information content (AvgIpc) is 3.31. The van der Waals surface area contributed by atoms with Crippen LogP contribution in [0.5, 0.6) is 5.75 Å². The van der Waals surface area contributed by atoms with Gasteiger partial charge in [0.25, 0.3) is 0 Å². The highest BCUT2D eigenvalue weighted by Gasteiger charge is 2.19. The smallest absolute Gasteiger partial charge is 0.227 e. The monoisotopic (exact) mass is 419 g/mol. The fourth-order valence-corrected chi connectivity index (χ4v) is 3.76. The van der Waals surface area contributed by atoms with Gasteiger partial charge in [-0.2, -0.15) is 5.26 Å². The van der Waals surface area contributed by atoms with Crippen molar-refractivity contribution < 1.29 is 14.3 Å². The molecule has 162 valence electrons. The number of para-hydroxylation sites is 2. The number of hydrogen-bond acceptors (Lipinski definition) is 4. The molecule has 0 bridgehead atoms. The number of hydrogen-bond donors (Lipinski definition) is 1. The number of carbonyl (C=O) groups is 2. The van der Waals surface area contributed by atoms with Crippen molar-refractivity contribution in [1.29, 1.82) is 5.26 Å². The van der Waals surface area contributed by atoms with E-state index in [1.807, 2.05) is 54.6 Å². The third-order valence-electron chi connectivity index (χ3n) is 5.43. The van der Waals surface area contributed by atoms with Crippen LogP contribution in [0.15, 0.2) is 54.6 Å². The summed E-state index contributed by atoms with van der Waals surface area (Å²) in [5.41, 5.74) is 1.68. The van der Waals surface area contributed by atoms with Gasteiger partial charge in [-0.3, -0.25) is 9.59 Å². The Morgan fingerprint density at radius 3 is 2.48 bits per heavy atom.